The molecule has 0 atom stereocenters. The Morgan fingerprint density at radius 1 is 1.36 bits per heavy atom. The zero-order chi connectivity index (χ0) is 10.2. The van der Waals surface area contributed by atoms with E-state index in [4.69, 9.17) is 0 Å². The van der Waals surface area contributed by atoms with Crippen LogP contribution in [0.1, 0.15) is 13.8 Å². The monoisotopic (exact) mass is 193 g/mol. The molecule has 1 aromatic rings. The van der Waals surface area contributed by atoms with Gasteiger partial charge in [0.2, 0.25) is 5.95 Å². The average molecular weight is 193 g/mol. The third-order valence-corrected chi connectivity index (χ3v) is 2.84. The number of hydrogen-bond acceptors (Lipinski definition) is 4. The molecule has 4 heteroatoms. The third-order valence-electron chi connectivity index (χ3n) is 2.84. The second-order valence-corrected chi connectivity index (χ2v) is 4.16. The van der Waals surface area contributed by atoms with E-state index in [1.54, 1.807) is 18.5 Å². The van der Waals surface area contributed by atoms with Crippen LogP contribution in [0.2, 0.25) is 0 Å². The van der Waals surface area contributed by atoms with Crippen LogP contribution in [-0.2, 0) is 0 Å². The summed E-state index contributed by atoms with van der Waals surface area (Å²) in [6, 6.07) is 1.79. The number of hydrogen-bond donors (Lipinski definition) is 1. The van der Waals surface area contributed by atoms with Crippen LogP contribution in [0.3, 0.4) is 0 Å². The molecular weight excluding hydrogens is 178 g/mol. The van der Waals surface area contributed by atoms with Gasteiger partial charge in [0.1, 0.15) is 5.60 Å². The second kappa shape index (κ2) is 3.20. The van der Waals surface area contributed by atoms with Crippen LogP contribution in [0, 0.1) is 5.92 Å². The molecule has 0 saturated carbocycles. The third kappa shape index (κ3) is 1.46. The molecule has 2 rings (SSSR count). The SMILES string of the molecule is CC(C)C1(O)CN(c2ncccn2)C1. The van der Waals surface area contributed by atoms with Crippen molar-refractivity contribution in [2.45, 2.75) is 19.4 Å². The largest absolute Gasteiger partial charge is 0.386 e. The van der Waals surface area contributed by atoms with Crippen molar-refractivity contribution in [2.24, 2.45) is 5.92 Å². The molecule has 4 nitrogen and oxygen atoms in total. The summed E-state index contributed by atoms with van der Waals surface area (Å²) in [7, 11) is 0. The highest BCUT2D eigenvalue weighted by atomic mass is 16.3. The van der Waals surface area contributed by atoms with Crippen molar-refractivity contribution in [3.8, 4) is 0 Å². The van der Waals surface area contributed by atoms with E-state index in [-0.39, 0.29) is 5.92 Å². The molecule has 0 aliphatic carbocycles. The summed E-state index contributed by atoms with van der Waals surface area (Å²) in [5.74, 6) is 0.986. The maximum Gasteiger partial charge on any atom is 0.225 e. The van der Waals surface area contributed by atoms with Crippen molar-refractivity contribution in [3.05, 3.63) is 18.5 Å². The van der Waals surface area contributed by atoms with Crippen molar-refractivity contribution in [1.82, 2.24) is 9.97 Å². The summed E-state index contributed by atoms with van der Waals surface area (Å²) in [5.41, 5.74) is -0.556. The Bertz CT molecular complexity index is 306. The summed E-state index contributed by atoms with van der Waals surface area (Å²) >= 11 is 0. The Morgan fingerprint density at radius 3 is 2.43 bits per heavy atom. The number of anilines is 1. The molecular formula is C10H15N3O. The van der Waals surface area contributed by atoms with Crippen LogP contribution < -0.4 is 4.90 Å². The number of aromatic nitrogens is 2. The van der Waals surface area contributed by atoms with E-state index < -0.39 is 5.60 Å². The van der Waals surface area contributed by atoms with Gasteiger partial charge in [-0.1, -0.05) is 13.8 Å². The Hall–Kier alpha value is -1.16. The van der Waals surface area contributed by atoms with E-state index in [0.717, 1.165) is 0 Å². The average Bonchev–Trinajstić information content (AvgIpc) is 2.14. The maximum atomic E-state index is 10.0. The molecule has 0 amide bonds. The van der Waals surface area contributed by atoms with Crippen LogP contribution in [0.5, 0.6) is 0 Å². The van der Waals surface area contributed by atoms with Gasteiger partial charge < -0.3 is 10.0 Å². The standard InChI is InChI=1S/C10H15N3O/c1-8(2)10(14)6-13(7-10)9-11-4-3-5-12-9/h3-5,8,14H,6-7H2,1-2H3. The van der Waals surface area contributed by atoms with Crippen LogP contribution in [-0.4, -0.2) is 33.8 Å². The minimum Gasteiger partial charge on any atom is -0.386 e. The topological polar surface area (TPSA) is 49.2 Å². The van der Waals surface area contributed by atoms with E-state index >= 15 is 0 Å². The molecule has 1 aliphatic rings. The molecule has 0 radical (unpaired) electrons. The molecule has 0 unspecified atom stereocenters. The molecule has 1 aromatic heterocycles. The van der Waals surface area contributed by atoms with Gasteiger partial charge in [-0.15, -0.1) is 0 Å². The van der Waals surface area contributed by atoms with Gasteiger partial charge in [0, 0.05) is 12.4 Å². The zero-order valence-corrected chi connectivity index (χ0v) is 8.51. The minimum absolute atomic E-state index is 0.280. The fourth-order valence-electron chi connectivity index (χ4n) is 1.58. The van der Waals surface area contributed by atoms with Gasteiger partial charge in [-0.2, -0.15) is 0 Å². The summed E-state index contributed by atoms with van der Waals surface area (Å²) in [6.45, 7) is 5.33. The first-order valence-corrected chi connectivity index (χ1v) is 4.86. The molecule has 2 heterocycles. The van der Waals surface area contributed by atoms with Crippen LogP contribution in [0.4, 0.5) is 5.95 Å². The van der Waals surface area contributed by atoms with Gasteiger partial charge in [-0.05, 0) is 12.0 Å². The zero-order valence-electron chi connectivity index (χ0n) is 8.51. The molecule has 0 spiro atoms. The van der Waals surface area contributed by atoms with Gasteiger partial charge >= 0.3 is 0 Å². The van der Waals surface area contributed by atoms with Gasteiger partial charge in [-0.3, -0.25) is 0 Å². The lowest BCUT2D eigenvalue weighted by Crippen LogP contribution is -2.65. The summed E-state index contributed by atoms with van der Waals surface area (Å²) in [4.78, 5) is 10.2. The Morgan fingerprint density at radius 2 is 1.93 bits per heavy atom. The van der Waals surface area contributed by atoms with Gasteiger partial charge in [0.15, 0.2) is 0 Å². The summed E-state index contributed by atoms with van der Waals surface area (Å²) in [6.07, 6.45) is 3.43. The highest BCUT2D eigenvalue weighted by molar-refractivity contribution is 5.36. The van der Waals surface area contributed by atoms with Crippen molar-refractivity contribution in [1.29, 1.82) is 0 Å². The lowest BCUT2D eigenvalue weighted by Gasteiger charge is -2.48. The Kier molecular flexibility index (Phi) is 2.15. The van der Waals surface area contributed by atoms with Crippen LogP contribution in [0.15, 0.2) is 18.5 Å². The van der Waals surface area contributed by atoms with E-state index in [1.807, 2.05) is 18.7 Å². The lowest BCUT2D eigenvalue weighted by molar-refractivity contribution is -0.0308. The molecule has 76 valence electrons. The molecule has 1 N–H and O–H groups in total. The molecule has 1 fully saturated rings. The first-order chi connectivity index (χ1) is 6.62. The normalized spacial score (nSPS) is 19.6. The molecule has 0 bridgehead atoms. The van der Waals surface area contributed by atoms with Gasteiger partial charge in [0.05, 0.1) is 13.1 Å². The minimum atomic E-state index is -0.556. The second-order valence-electron chi connectivity index (χ2n) is 4.16. The number of β-amino-alcohol motifs (C(OH)–C–C–N with tert-alkyl or cyclic N) is 1. The van der Waals surface area contributed by atoms with Gasteiger partial charge in [-0.25, -0.2) is 9.97 Å². The summed E-state index contributed by atoms with van der Waals surface area (Å²) < 4.78 is 0. The maximum absolute atomic E-state index is 10.0. The van der Waals surface area contributed by atoms with Crippen LogP contribution in [0.25, 0.3) is 0 Å². The van der Waals surface area contributed by atoms with E-state index in [1.165, 1.54) is 0 Å². The molecule has 1 aliphatic heterocycles. The predicted octanol–water partition coefficient (Wildman–Crippen LogP) is 0.684. The number of nitrogens with zero attached hydrogens (tertiary/aromatic N) is 3. The predicted molar refractivity (Wildman–Crippen MR) is 54.0 cm³/mol. The summed E-state index contributed by atoms with van der Waals surface area (Å²) in [5, 5.41) is 10.0. The van der Waals surface area contributed by atoms with Gasteiger partial charge in [0.25, 0.3) is 0 Å². The van der Waals surface area contributed by atoms with Crippen molar-refractivity contribution in [3.63, 3.8) is 0 Å². The quantitative estimate of drug-likeness (QED) is 0.750. The van der Waals surface area contributed by atoms with Crippen LogP contribution >= 0.6 is 0 Å². The lowest BCUT2D eigenvalue weighted by atomic mass is 9.83. The molecule has 0 aromatic carbocycles. The van der Waals surface area contributed by atoms with Crippen molar-refractivity contribution in [2.75, 3.05) is 18.0 Å². The molecule has 1 saturated heterocycles. The number of aliphatic hydroxyl groups is 1. The Balaban J connectivity index is 2.02. The fourth-order valence-corrected chi connectivity index (χ4v) is 1.58. The highest BCUT2D eigenvalue weighted by Crippen LogP contribution is 2.30. The van der Waals surface area contributed by atoms with Crippen molar-refractivity contribution >= 4 is 5.95 Å². The highest BCUT2D eigenvalue weighted by Gasteiger charge is 2.44. The molecule has 14 heavy (non-hydrogen) atoms. The Labute approximate surface area is 83.6 Å². The van der Waals surface area contributed by atoms with E-state index in [9.17, 15) is 5.11 Å². The number of rotatable bonds is 2. The first kappa shape index (κ1) is 9.40. The van der Waals surface area contributed by atoms with Crippen molar-refractivity contribution < 1.29 is 5.11 Å². The van der Waals surface area contributed by atoms with E-state index in [0.29, 0.717) is 19.0 Å². The fraction of sp³-hybridized carbons (Fsp3) is 0.600. The van der Waals surface area contributed by atoms with E-state index in [2.05, 4.69) is 9.97 Å². The smallest absolute Gasteiger partial charge is 0.225 e. The first-order valence-electron chi connectivity index (χ1n) is 4.86.